The maximum Gasteiger partial charge on any atom is 0.320 e. The summed E-state index contributed by atoms with van der Waals surface area (Å²) in [6.45, 7) is 4.93. The van der Waals surface area contributed by atoms with E-state index >= 15 is 0 Å². The van der Waals surface area contributed by atoms with E-state index in [1.54, 1.807) is 17.5 Å². The largest absolute Gasteiger partial charge is 0.480 e. The molecule has 0 aromatic carbocycles. The van der Waals surface area contributed by atoms with Crippen LogP contribution in [0.15, 0.2) is 29.8 Å². The van der Waals surface area contributed by atoms with Gasteiger partial charge in [0.15, 0.2) is 0 Å². The van der Waals surface area contributed by atoms with Gasteiger partial charge in [0.2, 0.25) is 0 Å². The highest BCUT2D eigenvalue weighted by Gasteiger charge is 2.36. The highest BCUT2D eigenvalue weighted by atomic mass is 32.1. The molecule has 2 aromatic rings. The van der Waals surface area contributed by atoms with Crippen molar-refractivity contribution in [3.05, 3.63) is 51.5 Å². The Labute approximate surface area is 140 Å². The Hall–Kier alpha value is -1.72. The van der Waals surface area contributed by atoms with Crippen LogP contribution in [0.2, 0.25) is 0 Å². The van der Waals surface area contributed by atoms with Crippen LogP contribution in [0.3, 0.4) is 0 Å². The predicted octanol–water partition coefficient (Wildman–Crippen LogP) is 3.79. The maximum absolute atomic E-state index is 11.8. The van der Waals surface area contributed by atoms with Gasteiger partial charge in [0.1, 0.15) is 6.04 Å². The highest BCUT2D eigenvalue weighted by Crippen LogP contribution is 2.37. The van der Waals surface area contributed by atoms with E-state index in [1.165, 1.54) is 10.4 Å². The van der Waals surface area contributed by atoms with Gasteiger partial charge in [-0.2, -0.15) is 0 Å². The summed E-state index contributed by atoms with van der Waals surface area (Å²) >= 11 is 1.69. The molecule has 2 unspecified atom stereocenters. The SMILES string of the molecule is Cc1csc(C(c2ncccc2C)N2CCCCC2C(=O)O)c1. The van der Waals surface area contributed by atoms with E-state index in [2.05, 4.69) is 41.2 Å². The van der Waals surface area contributed by atoms with Crippen molar-refractivity contribution in [3.63, 3.8) is 0 Å². The molecule has 0 saturated carbocycles. The minimum atomic E-state index is -0.725. The molecule has 0 spiro atoms. The second-order valence-corrected chi connectivity index (χ2v) is 7.16. The number of thiophene rings is 1. The molecule has 0 bridgehead atoms. The molecular formula is C18H22N2O2S. The van der Waals surface area contributed by atoms with Crippen molar-refractivity contribution >= 4 is 17.3 Å². The van der Waals surface area contributed by atoms with E-state index in [-0.39, 0.29) is 6.04 Å². The number of nitrogens with zero attached hydrogens (tertiary/aromatic N) is 2. The van der Waals surface area contributed by atoms with Crippen LogP contribution in [0, 0.1) is 13.8 Å². The molecule has 0 radical (unpaired) electrons. The van der Waals surface area contributed by atoms with Crippen LogP contribution in [0.25, 0.3) is 0 Å². The number of hydrogen-bond donors (Lipinski definition) is 1. The summed E-state index contributed by atoms with van der Waals surface area (Å²) in [6.07, 6.45) is 4.53. The molecule has 1 aliphatic rings. The molecule has 2 aromatic heterocycles. The van der Waals surface area contributed by atoms with Gasteiger partial charge in [-0.3, -0.25) is 14.7 Å². The number of rotatable bonds is 4. The van der Waals surface area contributed by atoms with E-state index in [4.69, 9.17) is 0 Å². The first-order valence-corrected chi connectivity index (χ1v) is 8.91. The number of carbonyl (C=O) groups is 1. The number of carboxylic acids is 1. The van der Waals surface area contributed by atoms with Crippen LogP contribution in [0.5, 0.6) is 0 Å². The minimum Gasteiger partial charge on any atom is -0.480 e. The first kappa shape index (κ1) is 16.1. The molecular weight excluding hydrogens is 308 g/mol. The molecule has 2 atom stereocenters. The molecule has 23 heavy (non-hydrogen) atoms. The first-order valence-electron chi connectivity index (χ1n) is 8.03. The number of carboxylic acid groups (broad SMARTS) is 1. The second-order valence-electron chi connectivity index (χ2n) is 6.22. The first-order chi connectivity index (χ1) is 11.1. The fourth-order valence-corrected chi connectivity index (χ4v) is 4.38. The zero-order chi connectivity index (χ0) is 16.4. The molecule has 0 amide bonds. The van der Waals surface area contributed by atoms with Crippen LogP contribution in [-0.4, -0.2) is 33.5 Å². The van der Waals surface area contributed by atoms with Crippen LogP contribution in [-0.2, 0) is 4.79 Å². The molecule has 1 N–H and O–H groups in total. The summed E-state index contributed by atoms with van der Waals surface area (Å²) in [7, 11) is 0. The van der Waals surface area contributed by atoms with Crippen molar-refractivity contribution in [2.45, 2.75) is 45.2 Å². The average Bonchev–Trinajstić information content (AvgIpc) is 2.96. The van der Waals surface area contributed by atoms with E-state index < -0.39 is 12.0 Å². The van der Waals surface area contributed by atoms with E-state index in [9.17, 15) is 9.90 Å². The van der Waals surface area contributed by atoms with Crippen molar-refractivity contribution in [1.29, 1.82) is 0 Å². The minimum absolute atomic E-state index is 0.0729. The van der Waals surface area contributed by atoms with Crippen LogP contribution >= 0.6 is 11.3 Å². The molecule has 0 aliphatic carbocycles. The summed E-state index contributed by atoms with van der Waals surface area (Å²) < 4.78 is 0. The number of hydrogen-bond acceptors (Lipinski definition) is 4. The van der Waals surface area contributed by atoms with Gasteiger partial charge in [-0.15, -0.1) is 11.3 Å². The second kappa shape index (κ2) is 6.81. The number of likely N-dealkylation sites (tertiary alicyclic amines) is 1. The Morgan fingerprint density at radius 2 is 2.26 bits per heavy atom. The molecule has 3 rings (SSSR count). The van der Waals surface area contributed by atoms with Gasteiger partial charge >= 0.3 is 5.97 Å². The lowest BCUT2D eigenvalue weighted by Crippen LogP contribution is -2.47. The lowest BCUT2D eigenvalue weighted by molar-refractivity contribution is -0.145. The van der Waals surface area contributed by atoms with Gasteiger partial charge in [-0.1, -0.05) is 12.5 Å². The molecule has 1 fully saturated rings. The van der Waals surface area contributed by atoms with Crippen molar-refractivity contribution < 1.29 is 9.90 Å². The van der Waals surface area contributed by atoms with Gasteiger partial charge in [-0.25, -0.2) is 0 Å². The normalized spacial score (nSPS) is 20.3. The lowest BCUT2D eigenvalue weighted by atomic mass is 9.96. The quantitative estimate of drug-likeness (QED) is 0.927. The number of pyridine rings is 1. The number of aliphatic carboxylic acids is 1. The van der Waals surface area contributed by atoms with Crippen molar-refractivity contribution in [1.82, 2.24) is 9.88 Å². The number of aromatic nitrogens is 1. The molecule has 5 heteroatoms. The summed E-state index contributed by atoms with van der Waals surface area (Å²) in [6, 6.07) is 5.64. The van der Waals surface area contributed by atoms with Crippen LogP contribution in [0.4, 0.5) is 0 Å². The maximum atomic E-state index is 11.8. The van der Waals surface area contributed by atoms with Crippen LogP contribution < -0.4 is 0 Å². The third-order valence-electron chi connectivity index (χ3n) is 4.49. The van der Waals surface area contributed by atoms with Crippen LogP contribution in [0.1, 0.15) is 47.0 Å². The fourth-order valence-electron chi connectivity index (χ4n) is 3.36. The Morgan fingerprint density at radius 1 is 1.43 bits per heavy atom. The number of aryl methyl sites for hydroxylation is 2. The predicted molar refractivity (Wildman–Crippen MR) is 91.9 cm³/mol. The fraction of sp³-hybridized carbons (Fsp3) is 0.444. The summed E-state index contributed by atoms with van der Waals surface area (Å²) in [5.41, 5.74) is 3.30. The summed E-state index contributed by atoms with van der Waals surface area (Å²) in [5.74, 6) is -0.725. The summed E-state index contributed by atoms with van der Waals surface area (Å²) in [4.78, 5) is 19.7. The zero-order valence-corrected chi connectivity index (χ0v) is 14.3. The molecule has 4 nitrogen and oxygen atoms in total. The molecule has 122 valence electrons. The van der Waals surface area contributed by atoms with Gasteiger partial charge < -0.3 is 5.11 Å². The standard InChI is InChI=1S/C18H22N2O2S/c1-12-10-15(23-11-12)17(16-13(2)6-5-8-19-16)20-9-4-3-7-14(20)18(21)22/h5-6,8,10-11,14,17H,3-4,7,9H2,1-2H3,(H,21,22). The topological polar surface area (TPSA) is 53.4 Å². The lowest BCUT2D eigenvalue weighted by Gasteiger charge is -2.38. The summed E-state index contributed by atoms with van der Waals surface area (Å²) in [5, 5.41) is 11.8. The average molecular weight is 330 g/mol. The Balaban J connectivity index is 2.08. The van der Waals surface area contributed by atoms with Gasteiger partial charge in [0.25, 0.3) is 0 Å². The third kappa shape index (κ3) is 3.31. The monoisotopic (exact) mass is 330 g/mol. The Morgan fingerprint density at radius 3 is 2.91 bits per heavy atom. The highest BCUT2D eigenvalue weighted by molar-refractivity contribution is 7.10. The van der Waals surface area contributed by atoms with Crippen molar-refractivity contribution in [3.8, 4) is 0 Å². The molecule has 1 aliphatic heterocycles. The van der Waals surface area contributed by atoms with Gasteiger partial charge in [-0.05, 0) is 55.3 Å². The Bertz CT molecular complexity index is 698. The smallest absolute Gasteiger partial charge is 0.320 e. The van der Waals surface area contributed by atoms with E-state index in [0.717, 1.165) is 30.6 Å². The van der Waals surface area contributed by atoms with E-state index in [0.29, 0.717) is 6.42 Å². The van der Waals surface area contributed by atoms with Gasteiger partial charge in [0.05, 0.1) is 11.7 Å². The zero-order valence-electron chi connectivity index (χ0n) is 13.5. The van der Waals surface area contributed by atoms with Gasteiger partial charge in [0, 0.05) is 17.6 Å². The van der Waals surface area contributed by atoms with Crippen molar-refractivity contribution in [2.24, 2.45) is 0 Å². The Kier molecular flexibility index (Phi) is 4.78. The molecule has 3 heterocycles. The third-order valence-corrected chi connectivity index (χ3v) is 5.59. The molecule has 1 saturated heterocycles. The van der Waals surface area contributed by atoms with Crippen molar-refractivity contribution in [2.75, 3.05) is 6.54 Å². The number of piperidine rings is 1. The van der Waals surface area contributed by atoms with E-state index in [1.807, 2.05) is 6.07 Å².